The maximum Gasteiger partial charge on any atom is 0.123 e. The second-order valence-electron chi connectivity index (χ2n) is 5.45. The van der Waals surface area contributed by atoms with Crippen molar-refractivity contribution in [2.45, 2.75) is 32.4 Å². The quantitative estimate of drug-likeness (QED) is 0.897. The van der Waals surface area contributed by atoms with Crippen LogP contribution in [-0.2, 0) is 4.74 Å². The van der Waals surface area contributed by atoms with Crippen LogP contribution in [0.3, 0.4) is 0 Å². The van der Waals surface area contributed by atoms with Crippen molar-refractivity contribution in [1.82, 2.24) is 10.2 Å². The molecule has 4 heteroatoms. The Labute approximate surface area is 121 Å². The van der Waals surface area contributed by atoms with E-state index in [0.717, 1.165) is 38.2 Å². The first-order chi connectivity index (χ1) is 9.67. The molecule has 0 saturated carbocycles. The number of morpholine rings is 1. The van der Waals surface area contributed by atoms with Gasteiger partial charge in [0.1, 0.15) is 5.82 Å². The summed E-state index contributed by atoms with van der Waals surface area (Å²) in [5.74, 6) is -0.171. The molecule has 1 saturated heterocycles. The molecule has 112 valence electrons. The number of hydrogen-bond acceptors (Lipinski definition) is 3. The van der Waals surface area contributed by atoms with Crippen molar-refractivity contribution in [3.63, 3.8) is 0 Å². The number of aryl methyl sites for hydroxylation is 1. The van der Waals surface area contributed by atoms with Crippen molar-refractivity contribution >= 4 is 0 Å². The van der Waals surface area contributed by atoms with E-state index in [1.165, 1.54) is 5.56 Å². The number of nitrogens with one attached hydrogen (secondary N) is 1. The Balaban J connectivity index is 2.32. The number of likely N-dealkylation sites (N-methyl/N-ethyl adjacent to an activating group) is 1. The van der Waals surface area contributed by atoms with Gasteiger partial charge in [-0.25, -0.2) is 4.39 Å². The third-order valence-electron chi connectivity index (χ3n) is 3.92. The third-order valence-corrected chi connectivity index (χ3v) is 3.92. The van der Waals surface area contributed by atoms with Crippen LogP contribution in [0.25, 0.3) is 0 Å². The van der Waals surface area contributed by atoms with Gasteiger partial charge in [0.05, 0.1) is 18.8 Å². The van der Waals surface area contributed by atoms with Gasteiger partial charge in [-0.2, -0.15) is 0 Å². The molecule has 0 spiro atoms. The Morgan fingerprint density at radius 1 is 1.45 bits per heavy atom. The summed E-state index contributed by atoms with van der Waals surface area (Å²) >= 11 is 0. The van der Waals surface area contributed by atoms with Crippen molar-refractivity contribution in [2.24, 2.45) is 0 Å². The van der Waals surface area contributed by atoms with Crippen LogP contribution in [0.15, 0.2) is 18.2 Å². The summed E-state index contributed by atoms with van der Waals surface area (Å²) < 4.78 is 19.3. The van der Waals surface area contributed by atoms with Gasteiger partial charge in [-0.1, -0.05) is 13.0 Å². The highest BCUT2D eigenvalue weighted by molar-refractivity contribution is 5.31. The number of rotatable bonds is 5. The van der Waals surface area contributed by atoms with Crippen LogP contribution >= 0.6 is 0 Å². The monoisotopic (exact) mass is 280 g/mol. The van der Waals surface area contributed by atoms with E-state index in [1.807, 2.05) is 20.0 Å². The van der Waals surface area contributed by atoms with E-state index >= 15 is 0 Å². The fourth-order valence-electron chi connectivity index (χ4n) is 3.06. The molecular weight excluding hydrogens is 255 g/mol. The van der Waals surface area contributed by atoms with Gasteiger partial charge < -0.3 is 10.1 Å². The topological polar surface area (TPSA) is 24.5 Å². The average molecular weight is 280 g/mol. The lowest BCUT2D eigenvalue weighted by atomic mass is 9.93. The van der Waals surface area contributed by atoms with E-state index in [-0.39, 0.29) is 18.0 Å². The molecule has 0 aliphatic carbocycles. The van der Waals surface area contributed by atoms with E-state index in [9.17, 15) is 4.39 Å². The first kappa shape index (κ1) is 15.4. The van der Waals surface area contributed by atoms with Crippen LogP contribution in [0.2, 0.25) is 0 Å². The van der Waals surface area contributed by atoms with Crippen LogP contribution in [0.4, 0.5) is 4.39 Å². The fraction of sp³-hybridized carbons (Fsp3) is 0.625. The summed E-state index contributed by atoms with van der Waals surface area (Å²) in [6.45, 7) is 7.73. The molecule has 1 aliphatic heterocycles. The van der Waals surface area contributed by atoms with Crippen molar-refractivity contribution in [1.29, 1.82) is 0 Å². The smallest absolute Gasteiger partial charge is 0.123 e. The molecule has 2 atom stereocenters. The SMILES string of the molecule is CCCN1CCOC(CNC)C1c1ccc(F)cc1C. The van der Waals surface area contributed by atoms with E-state index in [1.54, 1.807) is 12.1 Å². The largest absolute Gasteiger partial charge is 0.374 e. The highest BCUT2D eigenvalue weighted by Crippen LogP contribution is 2.31. The first-order valence-electron chi connectivity index (χ1n) is 7.43. The Bertz CT molecular complexity index is 420. The second kappa shape index (κ2) is 7.16. The molecule has 2 unspecified atom stereocenters. The van der Waals surface area contributed by atoms with Crippen molar-refractivity contribution < 1.29 is 9.13 Å². The molecule has 2 rings (SSSR count). The highest BCUT2D eigenvalue weighted by atomic mass is 19.1. The molecular formula is C16H25FN2O. The maximum absolute atomic E-state index is 13.3. The molecule has 1 N–H and O–H groups in total. The van der Waals surface area contributed by atoms with Crippen molar-refractivity contribution in [3.05, 3.63) is 35.1 Å². The summed E-state index contributed by atoms with van der Waals surface area (Å²) in [5.41, 5.74) is 2.18. The minimum absolute atomic E-state index is 0.115. The van der Waals surface area contributed by atoms with Gasteiger partial charge in [0.15, 0.2) is 0 Å². The fourth-order valence-corrected chi connectivity index (χ4v) is 3.06. The Morgan fingerprint density at radius 3 is 2.90 bits per heavy atom. The number of hydrogen-bond donors (Lipinski definition) is 1. The number of nitrogens with zero attached hydrogens (tertiary/aromatic N) is 1. The second-order valence-corrected chi connectivity index (χ2v) is 5.45. The molecule has 1 heterocycles. The molecule has 0 amide bonds. The van der Waals surface area contributed by atoms with Gasteiger partial charge in [-0.3, -0.25) is 4.90 Å². The average Bonchev–Trinajstić information content (AvgIpc) is 2.41. The molecule has 20 heavy (non-hydrogen) atoms. The van der Waals surface area contributed by atoms with Gasteiger partial charge in [-0.05, 0) is 50.2 Å². The van der Waals surface area contributed by atoms with Gasteiger partial charge in [0, 0.05) is 13.1 Å². The summed E-state index contributed by atoms with van der Waals surface area (Å²) in [6.07, 6.45) is 1.23. The summed E-state index contributed by atoms with van der Waals surface area (Å²) in [7, 11) is 1.94. The normalized spacial score (nSPS) is 24.0. The summed E-state index contributed by atoms with van der Waals surface area (Å²) in [4.78, 5) is 2.46. The highest BCUT2D eigenvalue weighted by Gasteiger charge is 2.33. The van der Waals surface area contributed by atoms with E-state index in [2.05, 4.69) is 17.1 Å². The molecule has 0 bridgehead atoms. The van der Waals surface area contributed by atoms with Gasteiger partial charge >= 0.3 is 0 Å². The summed E-state index contributed by atoms with van der Waals surface area (Å²) in [6, 6.07) is 5.29. The van der Waals surface area contributed by atoms with Gasteiger partial charge in [0.2, 0.25) is 0 Å². The van der Waals surface area contributed by atoms with Crippen LogP contribution in [0, 0.1) is 12.7 Å². The van der Waals surface area contributed by atoms with Gasteiger partial charge in [0.25, 0.3) is 0 Å². The molecule has 0 radical (unpaired) electrons. The van der Waals surface area contributed by atoms with Crippen LogP contribution < -0.4 is 5.32 Å². The van der Waals surface area contributed by atoms with Crippen LogP contribution in [-0.4, -0.2) is 44.3 Å². The molecule has 0 aromatic heterocycles. The number of halogens is 1. The predicted molar refractivity (Wildman–Crippen MR) is 79.4 cm³/mol. The number of ether oxygens (including phenoxy) is 1. The molecule has 1 aliphatic rings. The van der Waals surface area contributed by atoms with E-state index in [0.29, 0.717) is 0 Å². The molecule has 3 nitrogen and oxygen atoms in total. The lowest BCUT2D eigenvalue weighted by Gasteiger charge is -2.42. The zero-order valence-corrected chi connectivity index (χ0v) is 12.7. The third kappa shape index (κ3) is 3.37. The van der Waals surface area contributed by atoms with Crippen molar-refractivity contribution in [3.8, 4) is 0 Å². The van der Waals surface area contributed by atoms with Crippen LogP contribution in [0.5, 0.6) is 0 Å². The first-order valence-corrected chi connectivity index (χ1v) is 7.43. The standard InChI is InChI=1S/C16H25FN2O/c1-4-7-19-8-9-20-15(11-18-3)16(19)14-6-5-13(17)10-12(14)2/h5-6,10,15-16,18H,4,7-9,11H2,1-3H3. The Hall–Kier alpha value is -0.970. The predicted octanol–water partition coefficient (Wildman–Crippen LogP) is 2.51. The van der Waals surface area contributed by atoms with E-state index in [4.69, 9.17) is 4.74 Å². The van der Waals surface area contributed by atoms with Crippen molar-refractivity contribution in [2.75, 3.05) is 33.3 Å². The minimum atomic E-state index is -0.171. The van der Waals surface area contributed by atoms with Crippen LogP contribution in [0.1, 0.15) is 30.5 Å². The lowest BCUT2D eigenvalue weighted by Crippen LogP contribution is -2.49. The van der Waals surface area contributed by atoms with Gasteiger partial charge in [-0.15, -0.1) is 0 Å². The Kier molecular flexibility index (Phi) is 5.52. The zero-order chi connectivity index (χ0) is 14.5. The maximum atomic E-state index is 13.3. The summed E-state index contributed by atoms with van der Waals surface area (Å²) in [5, 5.41) is 3.20. The zero-order valence-electron chi connectivity index (χ0n) is 12.7. The van der Waals surface area contributed by atoms with E-state index < -0.39 is 0 Å². The molecule has 1 aromatic carbocycles. The Morgan fingerprint density at radius 2 is 2.25 bits per heavy atom. The molecule has 1 fully saturated rings. The number of benzene rings is 1. The molecule has 1 aromatic rings. The minimum Gasteiger partial charge on any atom is -0.374 e. The lowest BCUT2D eigenvalue weighted by molar-refractivity contribution is -0.0706.